The molecular weight excluding hydrogens is 432 g/mol. The molecule has 0 spiro atoms. The molecule has 178 valence electrons. The molecule has 0 atom stereocenters. The number of aldehydes is 1. The second kappa shape index (κ2) is 13.3. The monoisotopic (exact) mass is 462 g/mol. The summed E-state index contributed by atoms with van der Waals surface area (Å²) < 4.78 is 11.1. The minimum atomic E-state index is 0.121. The molecule has 0 amide bonds. The molecule has 0 unspecified atom stereocenters. The molecule has 34 heavy (non-hydrogen) atoms. The van der Waals surface area contributed by atoms with Crippen molar-refractivity contribution in [3.63, 3.8) is 0 Å². The molecule has 1 N–H and O–H groups in total. The molecule has 0 saturated carbocycles. The van der Waals surface area contributed by atoms with Crippen molar-refractivity contribution in [1.82, 2.24) is 0 Å². The second-order valence-electron chi connectivity index (χ2n) is 8.11. The van der Waals surface area contributed by atoms with Crippen molar-refractivity contribution in [1.29, 1.82) is 0 Å². The van der Waals surface area contributed by atoms with Gasteiger partial charge in [0.15, 0.2) is 11.6 Å². The summed E-state index contributed by atoms with van der Waals surface area (Å²) in [6, 6.07) is 11.6. The number of aliphatic hydroxyl groups excluding tert-OH is 1. The van der Waals surface area contributed by atoms with Crippen molar-refractivity contribution < 1.29 is 29.0 Å². The maximum Gasteiger partial charge on any atom is 0.160 e. The van der Waals surface area contributed by atoms with Gasteiger partial charge in [-0.3, -0.25) is 9.59 Å². The van der Waals surface area contributed by atoms with E-state index in [0.717, 1.165) is 59.3 Å². The van der Waals surface area contributed by atoms with Crippen molar-refractivity contribution in [2.24, 2.45) is 0 Å². The summed E-state index contributed by atoms with van der Waals surface area (Å²) >= 11 is 0. The quantitative estimate of drug-likeness (QED) is 0.421. The highest BCUT2D eigenvalue weighted by atomic mass is 16.5. The van der Waals surface area contributed by atoms with Crippen LogP contribution < -0.4 is 9.47 Å². The molecule has 0 heterocycles. The highest BCUT2D eigenvalue weighted by Crippen LogP contribution is 2.24. The lowest BCUT2D eigenvalue weighted by atomic mass is 9.96. The smallest absolute Gasteiger partial charge is 0.160 e. The van der Waals surface area contributed by atoms with E-state index in [1.807, 2.05) is 48.6 Å². The third kappa shape index (κ3) is 7.81. The number of carbonyl (C=O) groups excluding carboxylic acids is 3. The van der Waals surface area contributed by atoms with Gasteiger partial charge in [-0.1, -0.05) is 24.3 Å². The maximum absolute atomic E-state index is 11.3. The van der Waals surface area contributed by atoms with Gasteiger partial charge in [-0.25, -0.2) is 0 Å². The molecule has 0 aromatic heterocycles. The van der Waals surface area contributed by atoms with Crippen LogP contribution in [0.3, 0.4) is 0 Å². The molecule has 2 aromatic rings. The number of ether oxygens (including phenoxy) is 2. The second-order valence-corrected chi connectivity index (χ2v) is 8.11. The normalized spacial score (nSPS) is 13.4. The largest absolute Gasteiger partial charge is 0.494 e. The van der Waals surface area contributed by atoms with Crippen LogP contribution in [-0.4, -0.2) is 42.8 Å². The molecule has 0 saturated heterocycles. The Hall–Kier alpha value is -3.51. The van der Waals surface area contributed by atoms with E-state index in [2.05, 4.69) is 0 Å². The lowest BCUT2D eigenvalue weighted by Crippen LogP contribution is -2.06. The van der Waals surface area contributed by atoms with Gasteiger partial charge in [-0.2, -0.15) is 0 Å². The zero-order valence-electron chi connectivity index (χ0n) is 19.2. The van der Waals surface area contributed by atoms with Gasteiger partial charge in [0.2, 0.25) is 0 Å². The average molecular weight is 463 g/mol. The number of unbranched alkanes of at least 4 members (excludes halogenated alkanes) is 2. The number of allylic oxidation sites excluding steroid dienone is 2. The van der Waals surface area contributed by atoms with E-state index in [1.165, 1.54) is 0 Å². The Kier molecular flexibility index (Phi) is 9.80. The maximum atomic E-state index is 11.3. The van der Waals surface area contributed by atoms with E-state index in [0.29, 0.717) is 32.5 Å². The van der Waals surface area contributed by atoms with E-state index in [-0.39, 0.29) is 18.2 Å². The van der Waals surface area contributed by atoms with Gasteiger partial charge in [0.25, 0.3) is 0 Å². The van der Waals surface area contributed by atoms with Crippen LogP contribution >= 0.6 is 0 Å². The standard InChI is InChI=1S/C14H16O3.C14H14O3/c2*15-7-1-2-8-17-14-6-4-11-3-5-13(16)9-12(11)10-14/h3-6,10,15H,1-2,7-9H2;3-7,10H,1-2,8-9H2. The molecule has 0 fully saturated rings. The van der Waals surface area contributed by atoms with Gasteiger partial charge in [-0.15, -0.1) is 0 Å². The van der Waals surface area contributed by atoms with Gasteiger partial charge in [0, 0.05) is 25.9 Å². The van der Waals surface area contributed by atoms with E-state index in [1.54, 1.807) is 12.2 Å². The molecule has 0 aliphatic heterocycles. The Balaban J connectivity index is 0.000000191. The fourth-order valence-corrected chi connectivity index (χ4v) is 3.59. The van der Waals surface area contributed by atoms with Crippen molar-refractivity contribution >= 4 is 30.0 Å². The fourth-order valence-electron chi connectivity index (χ4n) is 3.59. The molecule has 2 aliphatic carbocycles. The first-order chi connectivity index (χ1) is 16.6. The molecule has 6 nitrogen and oxygen atoms in total. The molecule has 2 aliphatic rings. The third-order valence-corrected chi connectivity index (χ3v) is 5.41. The van der Waals surface area contributed by atoms with Gasteiger partial charge in [0.1, 0.15) is 17.8 Å². The summed E-state index contributed by atoms with van der Waals surface area (Å²) in [4.78, 5) is 32.7. The zero-order chi connectivity index (χ0) is 24.2. The van der Waals surface area contributed by atoms with E-state index in [9.17, 15) is 14.4 Å². The predicted molar refractivity (Wildman–Crippen MR) is 131 cm³/mol. The number of hydrogen-bond acceptors (Lipinski definition) is 6. The Labute approximate surface area is 199 Å². The van der Waals surface area contributed by atoms with Crippen LogP contribution in [0.25, 0.3) is 12.2 Å². The number of aliphatic hydroxyl groups is 1. The Morgan fingerprint density at radius 1 is 0.735 bits per heavy atom. The Bertz CT molecular complexity index is 1070. The van der Waals surface area contributed by atoms with Gasteiger partial charge in [-0.05, 0) is 77.9 Å². The van der Waals surface area contributed by atoms with Crippen LogP contribution in [0.2, 0.25) is 0 Å². The summed E-state index contributed by atoms with van der Waals surface area (Å²) in [6.07, 6.45) is 11.5. The molecule has 0 bridgehead atoms. The first-order valence-corrected chi connectivity index (χ1v) is 11.6. The van der Waals surface area contributed by atoms with Crippen LogP contribution in [0.5, 0.6) is 11.5 Å². The van der Waals surface area contributed by atoms with Crippen LogP contribution in [-0.2, 0) is 27.2 Å². The number of fused-ring (bicyclic) bond motifs is 2. The summed E-state index contributed by atoms with van der Waals surface area (Å²) in [5, 5.41) is 8.65. The first kappa shape index (κ1) is 25.1. The SMILES string of the molecule is O=C1C=Cc2ccc(OCCCCO)cc2C1.O=CCCCOc1ccc2c(c1)CC(=O)C=C2. The number of ketones is 2. The van der Waals surface area contributed by atoms with Crippen molar-refractivity contribution in [3.8, 4) is 11.5 Å². The van der Waals surface area contributed by atoms with E-state index >= 15 is 0 Å². The van der Waals surface area contributed by atoms with Gasteiger partial charge in [0.05, 0.1) is 13.2 Å². The zero-order valence-corrected chi connectivity index (χ0v) is 19.2. The minimum Gasteiger partial charge on any atom is -0.494 e. The molecule has 4 rings (SSSR count). The van der Waals surface area contributed by atoms with Crippen molar-refractivity contribution in [3.05, 3.63) is 70.8 Å². The van der Waals surface area contributed by atoms with Gasteiger partial charge >= 0.3 is 0 Å². The Morgan fingerprint density at radius 2 is 1.26 bits per heavy atom. The predicted octanol–water partition coefficient (Wildman–Crippen LogP) is 4.16. The molecule has 2 aromatic carbocycles. The first-order valence-electron chi connectivity index (χ1n) is 11.6. The summed E-state index contributed by atoms with van der Waals surface area (Å²) in [7, 11) is 0. The topological polar surface area (TPSA) is 89.9 Å². The number of carbonyl (C=O) groups is 3. The van der Waals surface area contributed by atoms with Crippen LogP contribution in [0.1, 0.15) is 47.9 Å². The lowest BCUT2D eigenvalue weighted by molar-refractivity contribution is -0.114. The van der Waals surface area contributed by atoms with E-state index < -0.39 is 0 Å². The van der Waals surface area contributed by atoms with Crippen molar-refractivity contribution in [2.75, 3.05) is 19.8 Å². The summed E-state index contributed by atoms with van der Waals surface area (Å²) in [5.41, 5.74) is 4.19. The van der Waals surface area contributed by atoms with E-state index in [4.69, 9.17) is 14.6 Å². The highest BCUT2D eigenvalue weighted by molar-refractivity contribution is 5.99. The average Bonchev–Trinajstić information content (AvgIpc) is 2.84. The highest BCUT2D eigenvalue weighted by Gasteiger charge is 2.12. The number of benzene rings is 2. The molecule has 0 radical (unpaired) electrons. The van der Waals surface area contributed by atoms with Crippen LogP contribution in [0, 0.1) is 0 Å². The third-order valence-electron chi connectivity index (χ3n) is 5.41. The number of rotatable bonds is 10. The molecule has 6 heteroatoms. The fraction of sp³-hybridized carbons (Fsp3) is 0.321. The number of hydrogen-bond donors (Lipinski definition) is 1. The molecular formula is C28H30O6. The summed E-state index contributed by atoms with van der Waals surface area (Å²) in [6.45, 7) is 1.33. The summed E-state index contributed by atoms with van der Waals surface area (Å²) in [5.74, 6) is 1.81. The van der Waals surface area contributed by atoms with Crippen molar-refractivity contribution in [2.45, 2.75) is 38.5 Å². The van der Waals surface area contributed by atoms with Crippen LogP contribution in [0.15, 0.2) is 48.6 Å². The Morgan fingerprint density at radius 3 is 1.76 bits per heavy atom. The van der Waals surface area contributed by atoms with Crippen LogP contribution in [0.4, 0.5) is 0 Å². The lowest BCUT2D eigenvalue weighted by Gasteiger charge is -2.12. The van der Waals surface area contributed by atoms with Gasteiger partial charge < -0.3 is 19.4 Å². The minimum absolute atomic E-state index is 0.121.